The number of halogens is 1. The average Bonchev–Trinajstić information content (AvgIpc) is 2.78. The van der Waals surface area contributed by atoms with E-state index in [4.69, 9.17) is 24.2 Å². The lowest BCUT2D eigenvalue weighted by atomic mass is 10.2. The largest absolute Gasteiger partial charge is 0.486 e. The monoisotopic (exact) mass is 487 g/mol. The number of ether oxygens (including phenoxy) is 3. The number of nitrogens with zero attached hydrogens (tertiary/aromatic N) is 3. The van der Waals surface area contributed by atoms with Crippen LogP contribution in [-0.2, 0) is 17.0 Å². The van der Waals surface area contributed by atoms with E-state index in [2.05, 4.69) is 39.0 Å². The van der Waals surface area contributed by atoms with Crippen molar-refractivity contribution in [2.75, 3.05) is 39.5 Å². The van der Waals surface area contributed by atoms with E-state index >= 15 is 0 Å². The van der Waals surface area contributed by atoms with Crippen LogP contribution in [0.25, 0.3) is 10.9 Å². The number of thioether (sulfide) groups is 1. The van der Waals surface area contributed by atoms with E-state index in [1.807, 2.05) is 18.2 Å². The van der Waals surface area contributed by atoms with Gasteiger partial charge in [-0.3, -0.25) is 4.90 Å². The molecule has 6 nitrogen and oxygen atoms in total. The summed E-state index contributed by atoms with van der Waals surface area (Å²) in [5, 5.41) is 2.09. The van der Waals surface area contributed by atoms with Crippen LogP contribution in [0.1, 0.15) is 11.4 Å². The van der Waals surface area contributed by atoms with Crippen LogP contribution >= 0.6 is 27.7 Å². The Labute approximate surface area is 188 Å². The lowest BCUT2D eigenvalue weighted by Gasteiger charge is -2.26. The molecular formula is C22H22BrN3O3S. The molecule has 1 fully saturated rings. The Morgan fingerprint density at radius 2 is 1.73 bits per heavy atom. The summed E-state index contributed by atoms with van der Waals surface area (Å²) in [5.41, 5.74) is 2.14. The normalized spacial score (nSPS) is 16.7. The molecule has 3 aromatic rings. The van der Waals surface area contributed by atoms with Gasteiger partial charge in [0.1, 0.15) is 24.1 Å². The fourth-order valence-electron chi connectivity index (χ4n) is 3.60. The number of morpholine rings is 1. The van der Waals surface area contributed by atoms with Crippen molar-refractivity contribution < 1.29 is 14.2 Å². The van der Waals surface area contributed by atoms with Crippen LogP contribution in [0, 0.1) is 0 Å². The van der Waals surface area contributed by atoms with Crippen LogP contribution < -0.4 is 9.47 Å². The maximum absolute atomic E-state index is 5.75. The molecule has 0 atom stereocenters. The third-order valence-electron chi connectivity index (χ3n) is 5.16. The topological polar surface area (TPSA) is 56.7 Å². The number of hydrogen-bond acceptors (Lipinski definition) is 7. The van der Waals surface area contributed by atoms with Gasteiger partial charge >= 0.3 is 0 Å². The zero-order valence-electron chi connectivity index (χ0n) is 16.5. The van der Waals surface area contributed by atoms with E-state index in [9.17, 15) is 0 Å². The van der Waals surface area contributed by atoms with Gasteiger partial charge in [-0.15, -0.1) is 11.8 Å². The molecule has 2 aliphatic heterocycles. The van der Waals surface area contributed by atoms with E-state index in [0.29, 0.717) is 13.2 Å². The summed E-state index contributed by atoms with van der Waals surface area (Å²) in [5.74, 6) is 3.23. The number of benzene rings is 2. The van der Waals surface area contributed by atoms with Crippen LogP contribution in [0.4, 0.5) is 0 Å². The average molecular weight is 488 g/mol. The van der Waals surface area contributed by atoms with Crippen molar-refractivity contribution in [1.29, 1.82) is 0 Å². The molecule has 8 heteroatoms. The Balaban J connectivity index is 1.40. The summed E-state index contributed by atoms with van der Waals surface area (Å²) in [4.78, 5) is 12.1. The molecule has 3 heterocycles. The molecule has 5 rings (SSSR count). The van der Waals surface area contributed by atoms with Gasteiger partial charge in [-0.1, -0.05) is 34.1 Å². The van der Waals surface area contributed by atoms with Crippen LogP contribution in [-0.4, -0.2) is 54.4 Å². The fraction of sp³-hybridized carbons (Fsp3) is 0.364. The van der Waals surface area contributed by atoms with Crippen LogP contribution in [0.5, 0.6) is 11.5 Å². The predicted molar refractivity (Wildman–Crippen MR) is 120 cm³/mol. The molecule has 0 aliphatic carbocycles. The Morgan fingerprint density at radius 1 is 0.967 bits per heavy atom. The number of para-hydroxylation sites is 1. The number of hydrogen-bond donors (Lipinski definition) is 0. The fourth-order valence-corrected chi connectivity index (χ4v) is 5.27. The molecular weight excluding hydrogens is 466 g/mol. The second kappa shape index (κ2) is 9.09. The summed E-state index contributed by atoms with van der Waals surface area (Å²) < 4.78 is 17.9. The second-order valence-electron chi connectivity index (χ2n) is 7.23. The number of fused-ring (bicyclic) bond motifs is 2. The molecule has 0 N–H and O–H groups in total. The molecule has 0 amide bonds. The van der Waals surface area contributed by atoms with Crippen molar-refractivity contribution in [2.45, 2.75) is 17.3 Å². The highest BCUT2D eigenvalue weighted by atomic mass is 79.9. The Kier molecular flexibility index (Phi) is 6.08. The van der Waals surface area contributed by atoms with E-state index in [-0.39, 0.29) is 0 Å². The van der Waals surface area contributed by atoms with Gasteiger partial charge in [-0.2, -0.15) is 0 Å². The summed E-state index contributed by atoms with van der Waals surface area (Å²) in [6, 6.07) is 12.3. The van der Waals surface area contributed by atoms with Crippen molar-refractivity contribution in [3.8, 4) is 11.5 Å². The molecule has 2 aromatic carbocycles. The lowest BCUT2D eigenvalue weighted by molar-refractivity contribution is 0.0330. The third-order valence-corrected chi connectivity index (χ3v) is 6.94. The summed E-state index contributed by atoms with van der Waals surface area (Å²) in [7, 11) is 0. The third kappa shape index (κ3) is 4.42. The first-order valence-corrected chi connectivity index (χ1v) is 11.8. The summed E-state index contributed by atoms with van der Waals surface area (Å²) in [6.07, 6.45) is 0. The van der Waals surface area contributed by atoms with Gasteiger partial charge < -0.3 is 14.2 Å². The van der Waals surface area contributed by atoms with E-state index in [0.717, 1.165) is 81.9 Å². The molecule has 30 heavy (non-hydrogen) atoms. The summed E-state index contributed by atoms with van der Waals surface area (Å²) >= 11 is 5.40. The summed E-state index contributed by atoms with van der Waals surface area (Å²) in [6.45, 7) is 5.30. The first-order chi connectivity index (χ1) is 14.8. The molecule has 0 unspecified atom stereocenters. The number of aromatic nitrogens is 2. The SMILES string of the molecule is Brc1cc2c(cc1CSc1nc(CN3CCOCC3)nc3ccccc13)OCCO2. The van der Waals surface area contributed by atoms with Gasteiger partial charge in [-0.05, 0) is 23.8 Å². The molecule has 0 saturated carbocycles. The number of rotatable bonds is 5. The molecule has 1 aromatic heterocycles. The van der Waals surface area contributed by atoms with Gasteiger partial charge in [0.15, 0.2) is 11.5 Å². The zero-order valence-corrected chi connectivity index (χ0v) is 18.9. The van der Waals surface area contributed by atoms with Gasteiger partial charge in [0.05, 0.1) is 25.3 Å². The highest BCUT2D eigenvalue weighted by Crippen LogP contribution is 2.38. The van der Waals surface area contributed by atoms with E-state index in [1.54, 1.807) is 11.8 Å². The maximum atomic E-state index is 5.75. The van der Waals surface area contributed by atoms with Gasteiger partial charge in [0.2, 0.25) is 0 Å². The van der Waals surface area contributed by atoms with Crippen molar-refractivity contribution in [1.82, 2.24) is 14.9 Å². The molecule has 1 saturated heterocycles. The van der Waals surface area contributed by atoms with Crippen molar-refractivity contribution in [3.63, 3.8) is 0 Å². The Morgan fingerprint density at radius 3 is 2.57 bits per heavy atom. The molecule has 0 bridgehead atoms. The quantitative estimate of drug-likeness (QED) is 0.393. The molecule has 2 aliphatic rings. The Bertz CT molecular complexity index is 1060. The maximum Gasteiger partial charge on any atom is 0.162 e. The van der Waals surface area contributed by atoms with Crippen molar-refractivity contribution >= 4 is 38.6 Å². The van der Waals surface area contributed by atoms with E-state index in [1.165, 1.54) is 0 Å². The Hall–Kier alpha value is -1.87. The van der Waals surface area contributed by atoms with Gasteiger partial charge in [0.25, 0.3) is 0 Å². The standard InChI is InChI=1S/C22H22BrN3O3S/c23-17-12-20-19(28-9-10-29-20)11-15(17)14-30-22-16-3-1-2-4-18(16)24-21(25-22)13-26-5-7-27-8-6-26/h1-4,11-12H,5-10,13-14H2. The van der Waals surface area contributed by atoms with Crippen LogP contribution in [0.2, 0.25) is 0 Å². The minimum absolute atomic E-state index is 0.586. The molecule has 0 radical (unpaired) electrons. The highest BCUT2D eigenvalue weighted by molar-refractivity contribution is 9.10. The zero-order chi connectivity index (χ0) is 20.3. The highest BCUT2D eigenvalue weighted by Gasteiger charge is 2.17. The molecule has 0 spiro atoms. The minimum Gasteiger partial charge on any atom is -0.486 e. The first kappa shape index (κ1) is 20.1. The smallest absolute Gasteiger partial charge is 0.162 e. The van der Waals surface area contributed by atoms with Gasteiger partial charge in [-0.25, -0.2) is 9.97 Å². The van der Waals surface area contributed by atoms with Crippen LogP contribution in [0.3, 0.4) is 0 Å². The van der Waals surface area contributed by atoms with Crippen LogP contribution in [0.15, 0.2) is 45.9 Å². The van der Waals surface area contributed by atoms with Crippen molar-refractivity contribution in [2.24, 2.45) is 0 Å². The minimum atomic E-state index is 0.586. The lowest BCUT2D eigenvalue weighted by Crippen LogP contribution is -2.36. The van der Waals surface area contributed by atoms with Crippen molar-refractivity contribution in [3.05, 3.63) is 52.3 Å². The second-order valence-corrected chi connectivity index (χ2v) is 9.04. The van der Waals surface area contributed by atoms with E-state index < -0.39 is 0 Å². The molecule has 156 valence electrons. The van der Waals surface area contributed by atoms with Gasteiger partial charge in [0, 0.05) is 28.7 Å². The first-order valence-electron chi connectivity index (χ1n) is 10.0. The predicted octanol–water partition coefficient (Wildman–Crippen LogP) is 4.29.